The van der Waals surface area contributed by atoms with Crippen LogP contribution in [0.1, 0.15) is 58.8 Å². The van der Waals surface area contributed by atoms with Gasteiger partial charge in [-0.3, -0.25) is 4.99 Å². The highest BCUT2D eigenvalue weighted by Gasteiger charge is 2.66. The lowest BCUT2D eigenvalue weighted by Gasteiger charge is -2.54. The molecule has 3 heteroatoms. The Bertz CT molecular complexity index is 559. The quantitative estimate of drug-likeness (QED) is 0.834. The van der Waals surface area contributed by atoms with Crippen LogP contribution in [0.3, 0.4) is 0 Å². The first-order valence-electron chi connectivity index (χ1n) is 9.88. The van der Waals surface area contributed by atoms with Crippen LogP contribution in [0.2, 0.25) is 0 Å². The molecule has 0 amide bonds. The first-order valence-corrected chi connectivity index (χ1v) is 9.88. The molecule has 0 aromatic carbocycles. The predicted molar refractivity (Wildman–Crippen MR) is 94.3 cm³/mol. The van der Waals surface area contributed by atoms with Crippen LogP contribution in [0.5, 0.6) is 0 Å². The second kappa shape index (κ2) is 5.08. The van der Waals surface area contributed by atoms with Gasteiger partial charge < -0.3 is 10.6 Å². The SMILES string of the molecule is CC1=NC(C2CCCC2)C(CNC2C3CC4CC2C4(C)C3)=CN1. The Balaban J connectivity index is 1.27. The molecule has 6 atom stereocenters. The predicted octanol–water partition coefficient (Wildman–Crippen LogP) is 3.47. The summed E-state index contributed by atoms with van der Waals surface area (Å²) in [5.41, 5.74) is 2.20. The van der Waals surface area contributed by atoms with Crippen LogP contribution in [0, 0.1) is 29.1 Å². The minimum atomic E-state index is 0.439. The highest BCUT2D eigenvalue weighted by Crippen LogP contribution is 2.71. The summed E-state index contributed by atoms with van der Waals surface area (Å²) in [6.45, 7) is 5.71. The summed E-state index contributed by atoms with van der Waals surface area (Å²) in [7, 11) is 0. The van der Waals surface area contributed by atoms with E-state index in [1.165, 1.54) is 50.5 Å². The fourth-order valence-corrected chi connectivity index (χ4v) is 6.84. The fraction of sp³-hybridized carbons (Fsp3) is 0.850. The van der Waals surface area contributed by atoms with Gasteiger partial charge in [-0.1, -0.05) is 19.8 Å². The molecule has 2 bridgehead atoms. The van der Waals surface area contributed by atoms with Crippen molar-refractivity contribution in [3.63, 3.8) is 0 Å². The van der Waals surface area contributed by atoms with Crippen molar-refractivity contribution in [2.75, 3.05) is 6.54 Å². The zero-order valence-electron chi connectivity index (χ0n) is 14.6. The molecule has 4 aliphatic carbocycles. The summed E-state index contributed by atoms with van der Waals surface area (Å²) in [6, 6.07) is 1.22. The lowest BCUT2D eigenvalue weighted by Crippen LogP contribution is -2.55. The number of hydrogen-bond acceptors (Lipinski definition) is 3. The van der Waals surface area contributed by atoms with Crippen molar-refractivity contribution in [3.05, 3.63) is 11.8 Å². The van der Waals surface area contributed by atoms with Gasteiger partial charge in [-0.2, -0.15) is 0 Å². The molecule has 5 rings (SSSR count). The van der Waals surface area contributed by atoms with Crippen LogP contribution in [0.25, 0.3) is 0 Å². The Morgan fingerprint density at radius 2 is 2.09 bits per heavy atom. The van der Waals surface area contributed by atoms with E-state index in [9.17, 15) is 0 Å². The highest BCUT2D eigenvalue weighted by atomic mass is 15.0. The van der Waals surface area contributed by atoms with Crippen molar-refractivity contribution < 1.29 is 0 Å². The van der Waals surface area contributed by atoms with E-state index in [-0.39, 0.29) is 0 Å². The molecule has 0 aromatic heterocycles. The summed E-state index contributed by atoms with van der Waals surface area (Å²) >= 11 is 0. The van der Waals surface area contributed by atoms with Gasteiger partial charge in [-0.15, -0.1) is 0 Å². The smallest absolute Gasteiger partial charge is 0.0978 e. The molecule has 2 N–H and O–H groups in total. The number of fused-ring (bicyclic) bond motifs is 1. The molecule has 0 saturated heterocycles. The van der Waals surface area contributed by atoms with Gasteiger partial charge in [0.25, 0.3) is 0 Å². The first kappa shape index (κ1) is 14.5. The second-order valence-electron chi connectivity index (χ2n) is 9.22. The lowest BCUT2D eigenvalue weighted by atomic mass is 9.53. The number of amidine groups is 1. The van der Waals surface area contributed by atoms with Crippen LogP contribution in [0.15, 0.2) is 16.8 Å². The highest BCUT2D eigenvalue weighted by molar-refractivity contribution is 5.82. The van der Waals surface area contributed by atoms with E-state index in [2.05, 4.69) is 30.7 Å². The third-order valence-corrected chi connectivity index (χ3v) is 8.12. The molecular weight excluding hydrogens is 282 g/mol. The van der Waals surface area contributed by atoms with Gasteiger partial charge in [-0.05, 0) is 73.7 Å². The normalized spacial score (nSPS) is 48.0. The summed E-state index contributed by atoms with van der Waals surface area (Å²) in [5.74, 6) is 4.85. The number of rotatable bonds is 4. The molecule has 5 aliphatic rings. The van der Waals surface area contributed by atoms with Crippen LogP contribution >= 0.6 is 0 Å². The average Bonchev–Trinajstić information content (AvgIpc) is 3.20. The molecule has 0 aromatic rings. The van der Waals surface area contributed by atoms with E-state index in [0.717, 1.165) is 42.1 Å². The van der Waals surface area contributed by atoms with Crippen LogP contribution < -0.4 is 10.6 Å². The van der Waals surface area contributed by atoms with E-state index in [1.54, 1.807) is 0 Å². The maximum Gasteiger partial charge on any atom is 0.0978 e. The summed E-state index contributed by atoms with van der Waals surface area (Å²) in [4.78, 5) is 4.98. The van der Waals surface area contributed by atoms with Crippen molar-refractivity contribution >= 4 is 5.84 Å². The molecule has 23 heavy (non-hydrogen) atoms. The van der Waals surface area contributed by atoms with E-state index < -0.39 is 0 Å². The number of hydrogen-bond donors (Lipinski definition) is 2. The van der Waals surface area contributed by atoms with Gasteiger partial charge in [0.15, 0.2) is 0 Å². The van der Waals surface area contributed by atoms with Crippen LogP contribution in [-0.4, -0.2) is 24.5 Å². The van der Waals surface area contributed by atoms with Gasteiger partial charge in [0, 0.05) is 18.8 Å². The molecule has 0 spiro atoms. The van der Waals surface area contributed by atoms with Crippen molar-refractivity contribution in [1.82, 2.24) is 10.6 Å². The standard InChI is InChI=1S/C20H31N3/c1-12-21-10-15(18(23-12)13-5-3-4-6-13)11-22-19-14-7-16-8-17(19)20(16,2)9-14/h10,13-14,16-19,22H,3-9,11H2,1-2H3,(H,21,23). The van der Waals surface area contributed by atoms with Crippen molar-refractivity contribution in [2.45, 2.75) is 70.9 Å². The largest absolute Gasteiger partial charge is 0.351 e. The summed E-state index contributed by atoms with van der Waals surface area (Å²) in [5, 5.41) is 7.36. The minimum absolute atomic E-state index is 0.439. The third kappa shape index (κ3) is 2.08. The second-order valence-corrected chi connectivity index (χ2v) is 9.22. The minimum Gasteiger partial charge on any atom is -0.351 e. The molecule has 6 unspecified atom stereocenters. The third-order valence-electron chi connectivity index (χ3n) is 8.12. The van der Waals surface area contributed by atoms with E-state index in [0.29, 0.717) is 11.5 Å². The number of aliphatic imine (C=N–C) groups is 1. The average molecular weight is 313 g/mol. The van der Waals surface area contributed by atoms with Crippen LogP contribution in [-0.2, 0) is 0 Å². The first-order chi connectivity index (χ1) is 11.1. The van der Waals surface area contributed by atoms with Gasteiger partial charge in [0.2, 0.25) is 0 Å². The molecule has 126 valence electrons. The zero-order valence-corrected chi connectivity index (χ0v) is 14.6. The van der Waals surface area contributed by atoms with Crippen molar-refractivity contribution in [1.29, 1.82) is 0 Å². The van der Waals surface area contributed by atoms with E-state index >= 15 is 0 Å². The monoisotopic (exact) mass is 313 g/mol. The molecule has 1 aliphatic heterocycles. The van der Waals surface area contributed by atoms with Gasteiger partial charge in [0.1, 0.15) is 0 Å². The Morgan fingerprint density at radius 3 is 2.78 bits per heavy atom. The zero-order chi connectivity index (χ0) is 15.6. The topological polar surface area (TPSA) is 36.4 Å². The maximum atomic E-state index is 4.98. The number of nitrogens with one attached hydrogen (secondary N) is 2. The van der Waals surface area contributed by atoms with E-state index in [4.69, 9.17) is 4.99 Å². The molecule has 1 heterocycles. The Labute approximate surface area is 140 Å². The van der Waals surface area contributed by atoms with Gasteiger partial charge >= 0.3 is 0 Å². The molecular formula is C20H31N3. The molecule has 4 fully saturated rings. The lowest BCUT2D eigenvalue weighted by molar-refractivity contribution is -0.0324. The van der Waals surface area contributed by atoms with Gasteiger partial charge in [0.05, 0.1) is 11.9 Å². The molecule has 3 nitrogen and oxygen atoms in total. The fourth-order valence-electron chi connectivity index (χ4n) is 6.84. The summed E-state index contributed by atoms with van der Waals surface area (Å²) in [6.07, 6.45) is 12.3. The molecule has 4 saturated carbocycles. The maximum absolute atomic E-state index is 4.98. The number of nitrogens with zero attached hydrogens (tertiary/aromatic N) is 1. The van der Waals surface area contributed by atoms with Gasteiger partial charge in [-0.25, -0.2) is 0 Å². The van der Waals surface area contributed by atoms with Crippen molar-refractivity contribution in [2.24, 2.45) is 34.1 Å². The Morgan fingerprint density at radius 1 is 1.26 bits per heavy atom. The van der Waals surface area contributed by atoms with Crippen LogP contribution in [0.4, 0.5) is 0 Å². The molecule has 0 radical (unpaired) electrons. The van der Waals surface area contributed by atoms with Crippen molar-refractivity contribution in [3.8, 4) is 0 Å². The van der Waals surface area contributed by atoms with E-state index in [1.807, 2.05) is 0 Å². The Kier molecular flexibility index (Phi) is 3.21. The Hall–Kier alpha value is -0.830. The summed E-state index contributed by atoms with van der Waals surface area (Å²) < 4.78 is 0.